The number of nitrogens with zero attached hydrogens (tertiary/aromatic N) is 1. The van der Waals surface area contributed by atoms with Crippen molar-refractivity contribution < 1.29 is 22.0 Å². The highest BCUT2D eigenvalue weighted by Crippen LogP contribution is 2.31. The number of amides is 1. The Bertz CT molecular complexity index is 944. The number of halogens is 2. The molecule has 3 rings (SSSR count). The zero-order valence-electron chi connectivity index (χ0n) is 15.7. The van der Waals surface area contributed by atoms with Gasteiger partial charge in [0, 0.05) is 24.4 Å². The van der Waals surface area contributed by atoms with E-state index in [9.17, 15) is 22.0 Å². The number of hydrogen-bond donors (Lipinski definition) is 1. The third-order valence-corrected chi connectivity index (χ3v) is 7.35. The standard InChI is InChI=1S/C20H22F2N2O3S2/c21-20(22)28-18-6-2-1-5-17(18)23-19(25)12-9-15-7-10-16(11-8-15)29(26,27)24-13-3-4-14-24/h1-2,5-8,10-11,20H,3-4,9,12-14H2,(H,23,25). The number of anilines is 1. The normalized spacial score (nSPS) is 15.0. The number of para-hydroxylation sites is 1. The summed E-state index contributed by atoms with van der Waals surface area (Å²) in [5.41, 5.74) is 1.19. The molecule has 0 aromatic heterocycles. The molecule has 29 heavy (non-hydrogen) atoms. The minimum Gasteiger partial charge on any atom is -0.325 e. The predicted octanol–water partition coefficient (Wildman–Crippen LogP) is 4.36. The van der Waals surface area contributed by atoms with E-state index < -0.39 is 15.8 Å². The van der Waals surface area contributed by atoms with Crippen molar-refractivity contribution in [1.29, 1.82) is 0 Å². The van der Waals surface area contributed by atoms with E-state index in [0.717, 1.165) is 18.4 Å². The minimum atomic E-state index is -3.45. The van der Waals surface area contributed by atoms with E-state index in [-0.39, 0.29) is 17.2 Å². The third kappa shape index (κ3) is 5.77. The molecule has 1 aliphatic heterocycles. The Morgan fingerprint density at radius 1 is 1.07 bits per heavy atom. The van der Waals surface area contributed by atoms with Crippen molar-refractivity contribution in [2.24, 2.45) is 0 Å². The minimum absolute atomic E-state index is 0.159. The lowest BCUT2D eigenvalue weighted by Crippen LogP contribution is -2.27. The topological polar surface area (TPSA) is 66.5 Å². The maximum atomic E-state index is 12.6. The van der Waals surface area contributed by atoms with Crippen LogP contribution >= 0.6 is 11.8 Å². The molecule has 0 unspecified atom stereocenters. The quantitative estimate of drug-likeness (QED) is 0.620. The fraction of sp³-hybridized carbons (Fsp3) is 0.350. The summed E-state index contributed by atoms with van der Waals surface area (Å²) in [6.07, 6.45) is 2.34. The molecule has 1 N–H and O–H groups in total. The molecule has 0 saturated carbocycles. The molecule has 2 aromatic rings. The number of aryl methyl sites for hydroxylation is 1. The molecule has 1 heterocycles. The van der Waals surface area contributed by atoms with E-state index in [2.05, 4.69) is 5.32 Å². The number of carbonyl (C=O) groups is 1. The van der Waals surface area contributed by atoms with E-state index in [1.807, 2.05) is 0 Å². The van der Waals surface area contributed by atoms with Gasteiger partial charge in [-0.2, -0.15) is 13.1 Å². The van der Waals surface area contributed by atoms with Gasteiger partial charge in [0.25, 0.3) is 5.76 Å². The van der Waals surface area contributed by atoms with Crippen LogP contribution in [0.1, 0.15) is 24.8 Å². The second kappa shape index (κ2) is 9.69. The van der Waals surface area contributed by atoms with Gasteiger partial charge in [0.05, 0.1) is 10.6 Å². The second-order valence-corrected chi connectivity index (χ2v) is 9.65. The van der Waals surface area contributed by atoms with E-state index in [4.69, 9.17) is 0 Å². The fourth-order valence-corrected chi connectivity index (χ4v) is 5.26. The highest BCUT2D eigenvalue weighted by Gasteiger charge is 2.26. The Labute approximate surface area is 173 Å². The molecule has 0 bridgehead atoms. The third-order valence-electron chi connectivity index (χ3n) is 4.64. The number of rotatable bonds is 8. The van der Waals surface area contributed by atoms with E-state index in [1.54, 1.807) is 42.5 Å². The summed E-state index contributed by atoms with van der Waals surface area (Å²) in [6.45, 7) is 1.10. The van der Waals surface area contributed by atoms with Crippen molar-refractivity contribution in [3.8, 4) is 0 Å². The Balaban J connectivity index is 1.57. The van der Waals surface area contributed by atoms with Gasteiger partial charge in [-0.05, 0) is 49.1 Å². The van der Waals surface area contributed by atoms with Crippen molar-refractivity contribution in [3.05, 3.63) is 54.1 Å². The SMILES string of the molecule is O=C(CCc1ccc(S(=O)(=O)N2CCCC2)cc1)Nc1ccccc1SC(F)F. The molecule has 9 heteroatoms. The molecule has 156 valence electrons. The van der Waals surface area contributed by atoms with Gasteiger partial charge in [-0.3, -0.25) is 4.79 Å². The molecule has 5 nitrogen and oxygen atoms in total. The van der Waals surface area contributed by atoms with Gasteiger partial charge in [-0.25, -0.2) is 8.42 Å². The van der Waals surface area contributed by atoms with Crippen molar-refractivity contribution in [1.82, 2.24) is 4.31 Å². The molecule has 0 spiro atoms. The van der Waals surface area contributed by atoms with Crippen molar-refractivity contribution >= 4 is 33.4 Å². The second-order valence-electron chi connectivity index (χ2n) is 6.68. The van der Waals surface area contributed by atoms with Crippen LogP contribution in [0.4, 0.5) is 14.5 Å². The Hall–Kier alpha value is -1.97. The van der Waals surface area contributed by atoms with Gasteiger partial charge in [-0.15, -0.1) is 0 Å². The van der Waals surface area contributed by atoms with Crippen LogP contribution in [0.15, 0.2) is 58.3 Å². The summed E-state index contributed by atoms with van der Waals surface area (Å²) in [6, 6.07) is 13.0. The molecule has 1 amide bonds. The summed E-state index contributed by atoms with van der Waals surface area (Å²) in [5, 5.41) is 2.66. The molecule has 0 atom stereocenters. The number of alkyl halides is 2. The first kappa shape index (κ1) is 21.7. The molecular formula is C20H22F2N2O3S2. The lowest BCUT2D eigenvalue weighted by molar-refractivity contribution is -0.116. The van der Waals surface area contributed by atoms with Crippen LogP contribution in [0.5, 0.6) is 0 Å². The highest BCUT2D eigenvalue weighted by atomic mass is 32.2. The number of sulfonamides is 1. The van der Waals surface area contributed by atoms with Crippen molar-refractivity contribution in [3.63, 3.8) is 0 Å². The summed E-state index contributed by atoms with van der Waals surface area (Å²) in [5.74, 6) is -2.86. The van der Waals surface area contributed by atoms with E-state index in [1.165, 1.54) is 10.4 Å². The number of nitrogens with one attached hydrogen (secondary N) is 1. The Morgan fingerprint density at radius 2 is 1.72 bits per heavy atom. The molecular weight excluding hydrogens is 418 g/mol. The zero-order chi connectivity index (χ0) is 20.9. The lowest BCUT2D eigenvalue weighted by Gasteiger charge is -2.15. The van der Waals surface area contributed by atoms with Crippen LogP contribution in [0, 0.1) is 0 Å². The lowest BCUT2D eigenvalue weighted by atomic mass is 10.1. The Kier molecular flexibility index (Phi) is 7.26. The average Bonchev–Trinajstić information content (AvgIpc) is 3.24. The maximum Gasteiger partial charge on any atom is 0.288 e. The van der Waals surface area contributed by atoms with Crippen molar-refractivity contribution in [2.75, 3.05) is 18.4 Å². The van der Waals surface area contributed by atoms with E-state index >= 15 is 0 Å². The van der Waals surface area contributed by atoms with Gasteiger partial charge in [0.15, 0.2) is 0 Å². The zero-order valence-corrected chi connectivity index (χ0v) is 17.3. The molecule has 0 aliphatic carbocycles. The fourth-order valence-electron chi connectivity index (χ4n) is 3.14. The molecule has 2 aromatic carbocycles. The Morgan fingerprint density at radius 3 is 2.38 bits per heavy atom. The molecule has 1 aliphatic rings. The van der Waals surface area contributed by atoms with Crippen LogP contribution in [-0.4, -0.2) is 37.5 Å². The largest absolute Gasteiger partial charge is 0.325 e. The van der Waals surface area contributed by atoms with Gasteiger partial charge < -0.3 is 5.32 Å². The van der Waals surface area contributed by atoms with E-state index in [0.29, 0.717) is 41.9 Å². The molecule has 0 radical (unpaired) electrons. The first-order chi connectivity index (χ1) is 13.9. The first-order valence-corrected chi connectivity index (χ1v) is 11.6. The molecule has 1 saturated heterocycles. The van der Waals surface area contributed by atoms with Gasteiger partial charge in [0.2, 0.25) is 15.9 Å². The number of carbonyl (C=O) groups excluding carboxylic acids is 1. The summed E-state index contributed by atoms with van der Waals surface area (Å²) >= 11 is 0.387. The van der Waals surface area contributed by atoms with Gasteiger partial charge in [0.1, 0.15) is 0 Å². The average molecular weight is 441 g/mol. The molecule has 1 fully saturated rings. The van der Waals surface area contributed by atoms with Crippen LogP contribution in [-0.2, 0) is 21.2 Å². The van der Waals surface area contributed by atoms with Crippen molar-refractivity contribution in [2.45, 2.75) is 41.2 Å². The highest BCUT2D eigenvalue weighted by molar-refractivity contribution is 7.99. The van der Waals surface area contributed by atoms with Crippen LogP contribution in [0.2, 0.25) is 0 Å². The number of hydrogen-bond acceptors (Lipinski definition) is 4. The maximum absolute atomic E-state index is 12.6. The summed E-state index contributed by atoms with van der Waals surface area (Å²) in [4.78, 5) is 12.8. The van der Waals surface area contributed by atoms with Gasteiger partial charge in [-0.1, -0.05) is 36.0 Å². The van der Waals surface area contributed by atoms with Crippen LogP contribution in [0.25, 0.3) is 0 Å². The smallest absolute Gasteiger partial charge is 0.288 e. The first-order valence-electron chi connectivity index (χ1n) is 9.29. The summed E-state index contributed by atoms with van der Waals surface area (Å²) < 4.78 is 51.8. The number of thioether (sulfide) groups is 1. The summed E-state index contributed by atoms with van der Waals surface area (Å²) in [7, 11) is -3.45. The van der Waals surface area contributed by atoms with Gasteiger partial charge >= 0.3 is 0 Å². The van der Waals surface area contributed by atoms with Crippen LogP contribution < -0.4 is 5.32 Å². The predicted molar refractivity (Wildman–Crippen MR) is 110 cm³/mol. The monoisotopic (exact) mass is 440 g/mol. The number of benzene rings is 2. The van der Waals surface area contributed by atoms with Crippen LogP contribution in [0.3, 0.4) is 0 Å².